The first-order chi connectivity index (χ1) is 12.6. The highest BCUT2D eigenvalue weighted by atomic mass is 79.9. The second kappa shape index (κ2) is 8.93. The molecule has 3 aromatic rings. The number of hydrogen-bond acceptors (Lipinski definition) is 4. The van der Waals surface area contributed by atoms with Crippen molar-refractivity contribution in [1.82, 2.24) is 5.43 Å². The maximum absolute atomic E-state index is 11.8. The van der Waals surface area contributed by atoms with E-state index in [1.807, 2.05) is 42.5 Å². The Hall–Kier alpha value is -2.22. The first kappa shape index (κ1) is 18.6. The second-order valence-electron chi connectivity index (χ2n) is 5.04. The largest absolute Gasteiger partial charge is 0.448 e. The van der Waals surface area contributed by atoms with Crippen LogP contribution in [0.15, 0.2) is 84.6 Å². The normalized spacial score (nSPS) is 10.8. The summed E-state index contributed by atoms with van der Waals surface area (Å²) in [6.45, 7) is 0. The number of nitrogens with zero attached hydrogens (tertiary/aromatic N) is 1. The van der Waals surface area contributed by atoms with Gasteiger partial charge in [-0.2, -0.15) is 5.10 Å². The summed E-state index contributed by atoms with van der Waals surface area (Å²) in [5.41, 5.74) is 3.05. The molecule has 2 N–H and O–H groups in total. The van der Waals surface area contributed by atoms with Crippen molar-refractivity contribution in [2.45, 2.75) is 9.99 Å². The van der Waals surface area contributed by atoms with Gasteiger partial charge in [-0.05, 0) is 60.7 Å². The molecule has 1 heterocycles. The molecule has 0 unspecified atom stereocenters. The van der Waals surface area contributed by atoms with Gasteiger partial charge in [0.25, 0.3) is 0 Å². The zero-order chi connectivity index (χ0) is 18.4. The Balaban J connectivity index is 1.51. The summed E-state index contributed by atoms with van der Waals surface area (Å²) in [4.78, 5) is 12.8. The molecule has 8 heteroatoms. The van der Waals surface area contributed by atoms with Crippen LogP contribution in [0.3, 0.4) is 0 Å². The van der Waals surface area contributed by atoms with Crippen molar-refractivity contribution in [3.8, 4) is 0 Å². The van der Waals surface area contributed by atoms with Crippen molar-refractivity contribution >= 4 is 57.2 Å². The third kappa shape index (κ3) is 5.66. The summed E-state index contributed by atoms with van der Waals surface area (Å²) in [5, 5.41) is 7.94. The minimum atomic E-state index is -0.439. The third-order valence-corrected chi connectivity index (χ3v) is 4.80. The maximum Gasteiger partial charge on any atom is 0.339 e. The fraction of sp³-hybridized carbons (Fsp3) is 0. The Morgan fingerprint density at radius 3 is 2.54 bits per heavy atom. The number of furan rings is 1. The molecule has 0 saturated heterocycles. The van der Waals surface area contributed by atoms with Gasteiger partial charge in [-0.25, -0.2) is 10.2 Å². The van der Waals surface area contributed by atoms with Crippen LogP contribution < -0.4 is 10.7 Å². The van der Waals surface area contributed by atoms with Crippen molar-refractivity contribution in [3.63, 3.8) is 0 Å². The van der Waals surface area contributed by atoms with Crippen LogP contribution >= 0.6 is 39.3 Å². The number of carbonyl (C=O) groups excluding carboxylic acids is 1. The van der Waals surface area contributed by atoms with Crippen molar-refractivity contribution in [1.29, 1.82) is 0 Å². The van der Waals surface area contributed by atoms with E-state index in [1.165, 1.54) is 18.0 Å². The van der Waals surface area contributed by atoms with E-state index < -0.39 is 6.03 Å². The van der Waals surface area contributed by atoms with E-state index in [0.29, 0.717) is 21.6 Å². The highest BCUT2D eigenvalue weighted by molar-refractivity contribution is 9.10. The summed E-state index contributed by atoms with van der Waals surface area (Å²) >= 11 is 10.7. The quantitative estimate of drug-likeness (QED) is 0.370. The monoisotopic (exact) mass is 449 g/mol. The SMILES string of the molecule is O=C(N/N=C/c1ccc(Sc2ccc(Cl)cc2)o1)Nc1ccc(Br)cc1. The summed E-state index contributed by atoms with van der Waals surface area (Å²) in [6, 6.07) is 17.9. The lowest BCUT2D eigenvalue weighted by Gasteiger charge is -2.03. The smallest absolute Gasteiger partial charge is 0.339 e. The van der Waals surface area contributed by atoms with Crippen LogP contribution in [0.1, 0.15) is 5.76 Å². The Morgan fingerprint density at radius 1 is 1.08 bits per heavy atom. The van der Waals surface area contributed by atoms with Gasteiger partial charge in [0.05, 0.1) is 6.21 Å². The summed E-state index contributed by atoms with van der Waals surface area (Å²) in [7, 11) is 0. The van der Waals surface area contributed by atoms with Crippen molar-refractivity contribution in [2.24, 2.45) is 5.10 Å². The number of benzene rings is 2. The minimum absolute atomic E-state index is 0.439. The maximum atomic E-state index is 11.8. The molecule has 26 heavy (non-hydrogen) atoms. The van der Waals surface area contributed by atoms with Gasteiger partial charge in [0, 0.05) is 20.1 Å². The molecule has 0 bridgehead atoms. The number of anilines is 1. The van der Waals surface area contributed by atoms with E-state index in [0.717, 1.165) is 9.37 Å². The van der Waals surface area contributed by atoms with Crippen molar-refractivity contribution in [3.05, 3.63) is 75.9 Å². The molecule has 0 spiro atoms. The Labute approximate surface area is 167 Å². The van der Waals surface area contributed by atoms with Crippen LogP contribution in [0, 0.1) is 0 Å². The molecule has 0 fully saturated rings. The fourth-order valence-electron chi connectivity index (χ4n) is 1.92. The van der Waals surface area contributed by atoms with E-state index in [2.05, 4.69) is 31.8 Å². The topological polar surface area (TPSA) is 66.6 Å². The second-order valence-corrected chi connectivity index (χ2v) is 7.47. The van der Waals surface area contributed by atoms with E-state index in [4.69, 9.17) is 16.0 Å². The van der Waals surface area contributed by atoms with E-state index in [1.54, 1.807) is 18.2 Å². The van der Waals surface area contributed by atoms with Crippen molar-refractivity contribution in [2.75, 3.05) is 5.32 Å². The predicted molar refractivity (Wildman–Crippen MR) is 108 cm³/mol. The standard InChI is InChI=1S/C18H13BrClN3O2S/c19-12-1-5-14(6-2-12)22-18(24)23-21-11-15-7-10-17(25-15)26-16-8-3-13(20)4-9-16/h1-11H,(H2,22,23,24)/b21-11+. The first-order valence-electron chi connectivity index (χ1n) is 7.47. The third-order valence-electron chi connectivity index (χ3n) is 3.09. The van der Waals surface area contributed by atoms with E-state index in [9.17, 15) is 4.79 Å². The van der Waals surface area contributed by atoms with Crippen LogP contribution in [0.4, 0.5) is 10.5 Å². The van der Waals surface area contributed by atoms with Crippen molar-refractivity contribution < 1.29 is 9.21 Å². The van der Waals surface area contributed by atoms with E-state index >= 15 is 0 Å². The van der Waals surface area contributed by atoms with Gasteiger partial charge in [0.15, 0.2) is 5.09 Å². The van der Waals surface area contributed by atoms with Crippen LogP contribution in [-0.2, 0) is 0 Å². The molecule has 0 atom stereocenters. The molecule has 0 saturated carbocycles. The highest BCUT2D eigenvalue weighted by Crippen LogP contribution is 2.29. The van der Waals surface area contributed by atoms with Crippen LogP contribution in [0.5, 0.6) is 0 Å². The lowest BCUT2D eigenvalue weighted by Crippen LogP contribution is -2.24. The molecule has 0 radical (unpaired) electrons. The van der Waals surface area contributed by atoms with Crippen LogP contribution in [0.2, 0.25) is 5.02 Å². The first-order valence-corrected chi connectivity index (χ1v) is 9.46. The van der Waals surface area contributed by atoms with Gasteiger partial charge >= 0.3 is 6.03 Å². The summed E-state index contributed by atoms with van der Waals surface area (Å²) < 4.78 is 6.57. The zero-order valence-corrected chi connectivity index (χ0v) is 16.4. The fourth-order valence-corrected chi connectivity index (χ4v) is 3.09. The molecular formula is C18H13BrClN3O2S. The van der Waals surface area contributed by atoms with Gasteiger partial charge in [-0.15, -0.1) is 0 Å². The number of halogens is 2. The molecule has 2 amide bonds. The number of nitrogens with one attached hydrogen (secondary N) is 2. The number of hydrogen-bond donors (Lipinski definition) is 2. The van der Waals surface area contributed by atoms with Gasteiger partial charge < -0.3 is 9.73 Å². The number of amides is 2. The molecule has 0 aliphatic rings. The minimum Gasteiger partial charge on any atom is -0.448 e. The molecule has 0 aliphatic heterocycles. The molecule has 132 valence electrons. The molecule has 1 aromatic heterocycles. The Kier molecular flexibility index (Phi) is 6.38. The zero-order valence-electron chi connectivity index (χ0n) is 13.3. The molecular weight excluding hydrogens is 438 g/mol. The molecule has 2 aromatic carbocycles. The van der Waals surface area contributed by atoms with Gasteiger partial charge in [0.1, 0.15) is 5.76 Å². The average molecular weight is 451 g/mol. The number of carbonyl (C=O) groups is 1. The summed E-state index contributed by atoms with van der Waals surface area (Å²) in [5.74, 6) is 0.533. The number of urea groups is 1. The van der Waals surface area contributed by atoms with E-state index in [-0.39, 0.29) is 0 Å². The lowest BCUT2D eigenvalue weighted by molar-refractivity contribution is 0.252. The number of hydrazone groups is 1. The lowest BCUT2D eigenvalue weighted by atomic mass is 10.3. The molecule has 5 nitrogen and oxygen atoms in total. The van der Waals surface area contributed by atoms with Crippen LogP contribution in [-0.4, -0.2) is 12.2 Å². The molecule has 3 rings (SSSR count). The number of rotatable bonds is 5. The highest BCUT2D eigenvalue weighted by Gasteiger charge is 2.04. The van der Waals surface area contributed by atoms with Gasteiger partial charge in [-0.3, -0.25) is 0 Å². The predicted octanol–water partition coefficient (Wildman–Crippen LogP) is 6.00. The Bertz CT molecular complexity index is 911. The van der Waals surface area contributed by atoms with Crippen LogP contribution in [0.25, 0.3) is 0 Å². The summed E-state index contributed by atoms with van der Waals surface area (Å²) in [6.07, 6.45) is 1.44. The van der Waals surface area contributed by atoms with Gasteiger partial charge in [-0.1, -0.05) is 39.3 Å². The average Bonchev–Trinajstić information content (AvgIpc) is 3.06. The van der Waals surface area contributed by atoms with Gasteiger partial charge in [0.2, 0.25) is 0 Å². The Morgan fingerprint density at radius 2 is 1.81 bits per heavy atom. The molecule has 0 aliphatic carbocycles.